The zero-order valence-electron chi connectivity index (χ0n) is 13.7. The molecule has 0 bridgehead atoms. The molecule has 0 aliphatic carbocycles. The van der Waals surface area contributed by atoms with Gasteiger partial charge in [-0.1, -0.05) is 30.3 Å². The second kappa shape index (κ2) is 7.12. The number of hydrogen-bond donors (Lipinski definition) is 1. The lowest BCUT2D eigenvalue weighted by molar-refractivity contribution is -0.387. The van der Waals surface area contributed by atoms with Gasteiger partial charge in [-0.25, -0.2) is 8.42 Å². The maximum absolute atomic E-state index is 13.2. The fourth-order valence-corrected chi connectivity index (χ4v) is 4.57. The van der Waals surface area contributed by atoms with Crippen molar-refractivity contribution in [2.45, 2.75) is 23.8 Å². The predicted octanol–water partition coefficient (Wildman–Crippen LogP) is 2.07. The molecule has 1 atom stereocenters. The SMILES string of the molecule is O=C1CC[C@@H](CN(c2ccccc2)S(=O)(=O)c2ccccc2[N+](=O)[O-])N1. The van der Waals surface area contributed by atoms with Crippen molar-refractivity contribution >= 4 is 27.3 Å². The standard InChI is InChI=1S/C17H17N3O5S/c21-17-11-10-13(18-17)12-19(14-6-2-1-3-7-14)26(24,25)16-9-5-4-8-15(16)20(22)23/h1-9,13H,10-12H2,(H,18,21)/t13-/m0/s1. The predicted molar refractivity (Wildman–Crippen MR) is 95.2 cm³/mol. The molecule has 0 radical (unpaired) electrons. The van der Waals surface area contributed by atoms with E-state index < -0.39 is 20.6 Å². The van der Waals surface area contributed by atoms with Gasteiger partial charge >= 0.3 is 0 Å². The molecule has 1 aliphatic rings. The van der Waals surface area contributed by atoms with Gasteiger partial charge < -0.3 is 5.32 Å². The first kappa shape index (κ1) is 17.9. The molecule has 1 amide bonds. The maximum Gasteiger partial charge on any atom is 0.289 e. The van der Waals surface area contributed by atoms with Crippen molar-refractivity contribution in [1.82, 2.24) is 5.32 Å². The molecule has 1 saturated heterocycles. The average Bonchev–Trinajstić information content (AvgIpc) is 3.05. The Kier molecular flexibility index (Phi) is 4.90. The van der Waals surface area contributed by atoms with Crippen LogP contribution in [0.5, 0.6) is 0 Å². The number of rotatable bonds is 6. The first-order valence-electron chi connectivity index (χ1n) is 8.00. The first-order chi connectivity index (χ1) is 12.4. The summed E-state index contributed by atoms with van der Waals surface area (Å²) in [5.41, 5.74) is -0.101. The fourth-order valence-electron chi connectivity index (χ4n) is 2.90. The summed E-state index contributed by atoms with van der Waals surface area (Å²) in [7, 11) is -4.19. The second-order valence-electron chi connectivity index (χ2n) is 5.90. The van der Waals surface area contributed by atoms with Gasteiger partial charge in [-0.2, -0.15) is 0 Å². The monoisotopic (exact) mass is 375 g/mol. The van der Waals surface area contributed by atoms with Gasteiger partial charge in [0.1, 0.15) is 0 Å². The van der Waals surface area contributed by atoms with Crippen molar-refractivity contribution in [1.29, 1.82) is 0 Å². The number of nitrogens with zero attached hydrogens (tertiary/aromatic N) is 2. The summed E-state index contributed by atoms with van der Waals surface area (Å²) in [6.07, 6.45) is 0.841. The molecule has 1 aliphatic heterocycles. The van der Waals surface area contributed by atoms with E-state index in [1.807, 2.05) is 0 Å². The topological polar surface area (TPSA) is 110 Å². The van der Waals surface area contributed by atoms with E-state index in [2.05, 4.69) is 5.32 Å². The van der Waals surface area contributed by atoms with Crippen molar-refractivity contribution in [3.05, 3.63) is 64.7 Å². The van der Waals surface area contributed by atoms with Gasteiger partial charge in [0.25, 0.3) is 15.7 Å². The minimum Gasteiger partial charge on any atom is -0.352 e. The third-order valence-electron chi connectivity index (χ3n) is 4.15. The van der Waals surface area contributed by atoms with Gasteiger partial charge in [-0.05, 0) is 24.6 Å². The molecule has 1 heterocycles. The van der Waals surface area contributed by atoms with Crippen molar-refractivity contribution in [3.63, 3.8) is 0 Å². The smallest absolute Gasteiger partial charge is 0.289 e. The lowest BCUT2D eigenvalue weighted by Crippen LogP contribution is -2.42. The highest BCUT2D eigenvalue weighted by molar-refractivity contribution is 7.93. The molecule has 1 N–H and O–H groups in total. The van der Waals surface area contributed by atoms with Gasteiger partial charge in [0.05, 0.1) is 17.2 Å². The number of sulfonamides is 1. The van der Waals surface area contributed by atoms with Gasteiger partial charge in [-0.15, -0.1) is 0 Å². The average molecular weight is 375 g/mol. The number of benzene rings is 2. The first-order valence-corrected chi connectivity index (χ1v) is 9.44. The van der Waals surface area contributed by atoms with Crippen LogP contribution in [0.4, 0.5) is 11.4 Å². The highest BCUT2D eigenvalue weighted by atomic mass is 32.2. The van der Waals surface area contributed by atoms with E-state index in [9.17, 15) is 23.3 Å². The fraction of sp³-hybridized carbons (Fsp3) is 0.235. The number of para-hydroxylation sites is 2. The number of amides is 1. The van der Waals surface area contributed by atoms with Crippen LogP contribution in [0, 0.1) is 10.1 Å². The minimum atomic E-state index is -4.19. The molecule has 0 unspecified atom stereocenters. The molecule has 26 heavy (non-hydrogen) atoms. The molecule has 0 spiro atoms. The van der Waals surface area contributed by atoms with Crippen LogP contribution in [-0.4, -0.2) is 31.8 Å². The minimum absolute atomic E-state index is 0.00410. The van der Waals surface area contributed by atoms with Crippen LogP contribution in [0.25, 0.3) is 0 Å². The molecular formula is C17H17N3O5S. The Morgan fingerprint density at radius 1 is 1.12 bits per heavy atom. The summed E-state index contributed by atoms with van der Waals surface area (Å²) < 4.78 is 27.6. The van der Waals surface area contributed by atoms with Gasteiger partial charge in [-0.3, -0.25) is 19.2 Å². The number of carbonyl (C=O) groups excluding carboxylic acids is 1. The molecule has 3 rings (SSSR count). The number of nitro benzene ring substituents is 1. The lowest BCUT2D eigenvalue weighted by atomic mass is 10.2. The Balaban J connectivity index is 2.06. The largest absolute Gasteiger partial charge is 0.352 e. The Hall–Kier alpha value is -2.94. The van der Waals surface area contributed by atoms with Crippen molar-refractivity contribution < 1.29 is 18.1 Å². The zero-order chi connectivity index (χ0) is 18.7. The Morgan fingerprint density at radius 3 is 2.38 bits per heavy atom. The zero-order valence-corrected chi connectivity index (χ0v) is 14.6. The van der Waals surface area contributed by atoms with Crippen LogP contribution < -0.4 is 9.62 Å². The van der Waals surface area contributed by atoms with Crippen LogP contribution in [0.2, 0.25) is 0 Å². The summed E-state index contributed by atoms with van der Waals surface area (Å²) >= 11 is 0. The summed E-state index contributed by atoms with van der Waals surface area (Å²) in [6, 6.07) is 13.2. The number of anilines is 1. The van der Waals surface area contributed by atoms with Crippen LogP contribution in [-0.2, 0) is 14.8 Å². The van der Waals surface area contributed by atoms with Crippen LogP contribution in [0.3, 0.4) is 0 Å². The van der Waals surface area contributed by atoms with E-state index in [4.69, 9.17) is 0 Å². The van der Waals surface area contributed by atoms with E-state index in [1.54, 1.807) is 30.3 Å². The number of hydrogen-bond acceptors (Lipinski definition) is 5. The van der Waals surface area contributed by atoms with E-state index in [1.165, 1.54) is 18.2 Å². The lowest BCUT2D eigenvalue weighted by Gasteiger charge is -2.27. The molecule has 8 nitrogen and oxygen atoms in total. The summed E-state index contributed by atoms with van der Waals surface area (Å²) in [5, 5.41) is 14.0. The molecule has 9 heteroatoms. The van der Waals surface area contributed by atoms with Crippen LogP contribution in [0.15, 0.2) is 59.5 Å². The quantitative estimate of drug-likeness (QED) is 0.614. The number of nitrogens with one attached hydrogen (secondary N) is 1. The number of nitro groups is 1. The van der Waals surface area contributed by atoms with Crippen molar-refractivity contribution in [2.75, 3.05) is 10.8 Å². The highest BCUT2D eigenvalue weighted by Gasteiger charge is 2.34. The van der Waals surface area contributed by atoms with E-state index in [0.29, 0.717) is 18.5 Å². The van der Waals surface area contributed by atoms with E-state index in [-0.39, 0.29) is 23.4 Å². The van der Waals surface area contributed by atoms with Gasteiger partial charge in [0.15, 0.2) is 4.90 Å². The normalized spacial score (nSPS) is 16.9. The molecule has 0 saturated carbocycles. The third kappa shape index (κ3) is 3.52. The molecule has 136 valence electrons. The third-order valence-corrected chi connectivity index (χ3v) is 5.99. The van der Waals surface area contributed by atoms with Crippen molar-refractivity contribution in [2.24, 2.45) is 0 Å². The van der Waals surface area contributed by atoms with Crippen LogP contribution >= 0.6 is 0 Å². The molecule has 0 aromatic heterocycles. The van der Waals surface area contributed by atoms with E-state index >= 15 is 0 Å². The van der Waals surface area contributed by atoms with E-state index in [0.717, 1.165) is 10.4 Å². The highest BCUT2D eigenvalue weighted by Crippen LogP contribution is 2.30. The van der Waals surface area contributed by atoms with Crippen molar-refractivity contribution in [3.8, 4) is 0 Å². The van der Waals surface area contributed by atoms with Crippen LogP contribution in [0.1, 0.15) is 12.8 Å². The summed E-state index contributed by atoms with van der Waals surface area (Å²) in [6.45, 7) is 0.00410. The second-order valence-corrected chi connectivity index (χ2v) is 7.73. The summed E-state index contributed by atoms with van der Waals surface area (Å²) in [5.74, 6) is -0.133. The molecule has 2 aromatic rings. The Labute approximate surface area is 150 Å². The summed E-state index contributed by atoms with van der Waals surface area (Å²) in [4.78, 5) is 21.7. The Bertz CT molecular complexity index is 930. The maximum atomic E-state index is 13.2. The Morgan fingerprint density at radius 2 is 1.77 bits per heavy atom. The van der Waals surface area contributed by atoms with Gasteiger partial charge in [0.2, 0.25) is 5.91 Å². The molecule has 1 fully saturated rings. The molecule has 2 aromatic carbocycles. The molecular weight excluding hydrogens is 358 g/mol. The van der Waals surface area contributed by atoms with Gasteiger partial charge in [0, 0.05) is 18.5 Å². The number of carbonyl (C=O) groups is 1.